The van der Waals surface area contributed by atoms with Crippen molar-refractivity contribution in [1.29, 1.82) is 0 Å². The number of alkyl halides is 3. The van der Waals surface area contributed by atoms with E-state index in [0.29, 0.717) is 25.7 Å². The van der Waals surface area contributed by atoms with Crippen molar-refractivity contribution < 1.29 is 18.0 Å². The number of carbonyl (C=O) groups is 1. The van der Waals surface area contributed by atoms with E-state index in [0.717, 1.165) is 6.42 Å². The predicted octanol–water partition coefficient (Wildman–Crippen LogP) is 2.81. The van der Waals surface area contributed by atoms with Gasteiger partial charge < -0.3 is 0 Å². The number of hydrogen-bond donors (Lipinski definition) is 1. The molecule has 0 bridgehead atoms. The highest BCUT2D eigenvalue weighted by atomic mass is 35.5. The van der Waals surface area contributed by atoms with E-state index in [2.05, 4.69) is 0 Å². The Morgan fingerprint density at radius 2 is 1.71 bits per heavy atom. The van der Waals surface area contributed by atoms with Crippen LogP contribution < -0.4 is 5.32 Å². The highest BCUT2D eigenvalue weighted by Gasteiger charge is 2.25. The Labute approximate surface area is 85.8 Å². The first-order valence-electron chi connectivity index (χ1n) is 4.42. The smallest absolute Gasteiger partial charge is 0.281 e. The lowest BCUT2D eigenvalue weighted by molar-refractivity contribution is -0.156. The summed E-state index contributed by atoms with van der Waals surface area (Å²) in [6.07, 6.45) is -1.48. The van der Waals surface area contributed by atoms with Crippen LogP contribution in [0.5, 0.6) is 0 Å². The first kappa shape index (κ1) is 13.7. The van der Waals surface area contributed by atoms with Crippen LogP contribution in [0.2, 0.25) is 0 Å². The van der Waals surface area contributed by atoms with E-state index in [9.17, 15) is 18.0 Å². The second kappa shape index (κ2) is 7.06. The first-order valence-corrected chi connectivity index (χ1v) is 4.80. The Morgan fingerprint density at radius 3 is 2.21 bits per heavy atom. The maximum Gasteiger partial charge on any atom is 0.457 e. The van der Waals surface area contributed by atoms with Crippen molar-refractivity contribution in [3.8, 4) is 0 Å². The minimum Gasteiger partial charge on any atom is -0.281 e. The molecule has 0 unspecified atom stereocenters. The molecule has 0 heterocycles. The van der Waals surface area contributed by atoms with Crippen LogP contribution in [-0.2, 0) is 4.79 Å². The van der Waals surface area contributed by atoms with Crippen LogP contribution >= 0.6 is 11.6 Å². The normalized spacial score (nSPS) is 11.7. The molecule has 0 amide bonds. The summed E-state index contributed by atoms with van der Waals surface area (Å²) in [7, 11) is 0. The van der Waals surface area contributed by atoms with Gasteiger partial charge in [-0.15, -0.1) is 0 Å². The second-order valence-electron chi connectivity index (χ2n) is 2.94. The molecule has 0 aliphatic carbocycles. The largest absolute Gasteiger partial charge is 0.457 e. The zero-order chi connectivity index (χ0) is 11.0. The Bertz CT molecular complexity index is 172. The average Bonchev–Trinajstić information content (AvgIpc) is 2.00. The lowest BCUT2D eigenvalue weighted by Crippen LogP contribution is -2.32. The van der Waals surface area contributed by atoms with Crippen LogP contribution in [0.1, 0.15) is 32.1 Å². The summed E-state index contributed by atoms with van der Waals surface area (Å²) < 4.78 is 34.7. The molecular formula is C8H13ClF3NO. The molecule has 0 aliphatic rings. The van der Waals surface area contributed by atoms with Crippen molar-refractivity contribution in [2.75, 3.05) is 6.54 Å². The number of halogens is 4. The van der Waals surface area contributed by atoms with E-state index in [1.165, 1.54) is 5.32 Å². The van der Waals surface area contributed by atoms with Crippen LogP contribution in [0.15, 0.2) is 0 Å². The molecule has 0 radical (unpaired) electrons. The molecule has 1 N–H and O–H groups in total. The molecule has 0 aromatic heterocycles. The van der Waals surface area contributed by atoms with Crippen LogP contribution in [0.4, 0.5) is 13.2 Å². The predicted molar refractivity (Wildman–Crippen MR) is 48.0 cm³/mol. The third-order valence-electron chi connectivity index (χ3n) is 1.63. The standard InChI is InChI=1S/C8H13ClF3NO/c9-7(14)5-3-1-2-4-6-13-8(10,11)12/h13H,1-6H2. The summed E-state index contributed by atoms with van der Waals surface area (Å²) in [5.74, 6) is 0. The van der Waals surface area contributed by atoms with Crippen molar-refractivity contribution in [2.45, 2.75) is 38.4 Å². The molecule has 0 saturated heterocycles. The fraction of sp³-hybridized carbons (Fsp3) is 0.875. The average molecular weight is 232 g/mol. The molecule has 0 aromatic rings. The quantitative estimate of drug-likeness (QED) is 0.415. The maximum absolute atomic E-state index is 11.6. The molecule has 0 atom stereocenters. The topological polar surface area (TPSA) is 29.1 Å². The van der Waals surface area contributed by atoms with Gasteiger partial charge in [0, 0.05) is 13.0 Å². The highest BCUT2D eigenvalue weighted by molar-refractivity contribution is 6.63. The van der Waals surface area contributed by atoms with Crippen LogP contribution in [-0.4, -0.2) is 18.1 Å². The van der Waals surface area contributed by atoms with Gasteiger partial charge in [-0.1, -0.05) is 12.8 Å². The third-order valence-corrected chi connectivity index (χ3v) is 1.81. The highest BCUT2D eigenvalue weighted by Crippen LogP contribution is 2.10. The van der Waals surface area contributed by atoms with Gasteiger partial charge in [0.25, 0.3) is 0 Å². The van der Waals surface area contributed by atoms with Gasteiger partial charge in [-0.2, -0.15) is 13.2 Å². The van der Waals surface area contributed by atoms with E-state index >= 15 is 0 Å². The van der Waals surface area contributed by atoms with Gasteiger partial charge in [-0.25, -0.2) is 5.32 Å². The lowest BCUT2D eigenvalue weighted by Gasteiger charge is -2.07. The van der Waals surface area contributed by atoms with Gasteiger partial charge in [0.05, 0.1) is 0 Å². The summed E-state index contributed by atoms with van der Waals surface area (Å²) >= 11 is 5.08. The lowest BCUT2D eigenvalue weighted by atomic mass is 10.1. The van der Waals surface area contributed by atoms with Gasteiger partial charge in [-0.05, 0) is 24.4 Å². The zero-order valence-electron chi connectivity index (χ0n) is 7.66. The Morgan fingerprint density at radius 1 is 1.14 bits per heavy atom. The van der Waals surface area contributed by atoms with Crippen LogP contribution in [0, 0.1) is 0 Å². The molecular weight excluding hydrogens is 219 g/mol. The SMILES string of the molecule is O=C(Cl)CCCCCCNC(F)(F)F. The molecule has 0 fully saturated rings. The fourth-order valence-corrected chi connectivity index (χ4v) is 1.11. The number of unbranched alkanes of at least 4 members (excludes halogenated alkanes) is 3. The minimum atomic E-state index is -4.29. The van der Waals surface area contributed by atoms with E-state index in [1.54, 1.807) is 0 Å². The summed E-state index contributed by atoms with van der Waals surface area (Å²) in [6.45, 7) is -0.0711. The van der Waals surface area contributed by atoms with Gasteiger partial charge >= 0.3 is 6.30 Å². The molecule has 6 heteroatoms. The van der Waals surface area contributed by atoms with E-state index in [4.69, 9.17) is 11.6 Å². The molecule has 0 aliphatic heterocycles. The fourth-order valence-electron chi connectivity index (χ4n) is 0.973. The Hall–Kier alpha value is -0.290. The van der Waals surface area contributed by atoms with Crippen molar-refractivity contribution in [2.24, 2.45) is 0 Å². The Kier molecular flexibility index (Phi) is 6.92. The van der Waals surface area contributed by atoms with Crippen molar-refractivity contribution >= 4 is 16.8 Å². The molecule has 84 valence electrons. The molecule has 14 heavy (non-hydrogen) atoms. The van der Waals surface area contributed by atoms with Gasteiger partial charge in [-0.3, -0.25) is 4.79 Å². The van der Waals surface area contributed by atoms with Crippen LogP contribution in [0.25, 0.3) is 0 Å². The van der Waals surface area contributed by atoms with Gasteiger partial charge in [0.15, 0.2) is 0 Å². The van der Waals surface area contributed by atoms with Crippen molar-refractivity contribution in [3.63, 3.8) is 0 Å². The summed E-state index contributed by atoms with van der Waals surface area (Å²) in [6, 6.07) is 0. The molecule has 0 saturated carbocycles. The summed E-state index contributed by atoms with van der Waals surface area (Å²) in [5, 5.41) is 1.04. The van der Waals surface area contributed by atoms with E-state index in [-0.39, 0.29) is 6.54 Å². The number of nitrogens with one attached hydrogen (secondary N) is 1. The number of carbonyl (C=O) groups excluding carboxylic acids is 1. The van der Waals surface area contributed by atoms with Gasteiger partial charge in [0.2, 0.25) is 5.24 Å². The maximum atomic E-state index is 11.6. The molecule has 0 rings (SSSR count). The summed E-state index contributed by atoms with van der Waals surface area (Å²) in [5.41, 5.74) is 0. The third kappa shape index (κ3) is 11.7. The van der Waals surface area contributed by atoms with E-state index < -0.39 is 11.5 Å². The first-order chi connectivity index (χ1) is 6.42. The monoisotopic (exact) mass is 231 g/mol. The van der Waals surface area contributed by atoms with Gasteiger partial charge in [0.1, 0.15) is 0 Å². The van der Waals surface area contributed by atoms with Crippen molar-refractivity contribution in [1.82, 2.24) is 5.32 Å². The zero-order valence-corrected chi connectivity index (χ0v) is 8.42. The van der Waals surface area contributed by atoms with E-state index in [1.807, 2.05) is 0 Å². The number of rotatable bonds is 7. The van der Waals surface area contributed by atoms with Crippen LogP contribution in [0.3, 0.4) is 0 Å². The van der Waals surface area contributed by atoms with Crippen molar-refractivity contribution in [3.05, 3.63) is 0 Å². The molecule has 0 aromatic carbocycles. The number of hydrogen-bond acceptors (Lipinski definition) is 2. The minimum absolute atomic E-state index is 0.0711. The molecule has 0 spiro atoms. The molecule has 2 nitrogen and oxygen atoms in total. The Balaban J connectivity index is 3.11. The second-order valence-corrected chi connectivity index (χ2v) is 3.37. The summed E-state index contributed by atoms with van der Waals surface area (Å²) in [4.78, 5) is 10.3.